The number of aryl methyl sites for hydroxylation is 1. The van der Waals surface area contributed by atoms with Gasteiger partial charge in [0.15, 0.2) is 0 Å². The molecule has 7 heteroatoms. The summed E-state index contributed by atoms with van der Waals surface area (Å²) in [6.45, 7) is 3.17. The summed E-state index contributed by atoms with van der Waals surface area (Å²) in [7, 11) is 2.64. The molecule has 0 spiro atoms. The first-order valence-corrected chi connectivity index (χ1v) is 6.31. The van der Waals surface area contributed by atoms with Gasteiger partial charge in [-0.15, -0.1) is 0 Å². The van der Waals surface area contributed by atoms with Gasteiger partial charge in [0, 0.05) is 24.1 Å². The van der Waals surface area contributed by atoms with Crippen molar-refractivity contribution in [1.82, 2.24) is 0 Å². The monoisotopic (exact) mass is 307 g/mol. The number of methoxy groups -OCH3 is 2. The van der Waals surface area contributed by atoms with Gasteiger partial charge in [-0.3, -0.25) is 10.1 Å². The van der Waals surface area contributed by atoms with Crippen LogP contribution in [-0.4, -0.2) is 26.3 Å². The van der Waals surface area contributed by atoms with Gasteiger partial charge in [0.25, 0.3) is 0 Å². The summed E-state index contributed by atoms with van der Waals surface area (Å²) < 4.78 is 13.6. The Balaban J connectivity index is 0.000000422. The molecule has 118 valence electrons. The Morgan fingerprint density at radius 3 is 2.32 bits per heavy atom. The van der Waals surface area contributed by atoms with Gasteiger partial charge in [0.05, 0.1) is 14.2 Å². The summed E-state index contributed by atoms with van der Waals surface area (Å²) in [5.41, 5.74) is 1.49. The lowest BCUT2D eigenvalue weighted by molar-refractivity contribution is -0.137. The maximum Gasteiger partial charge on any atom is 0.411 e. The summed E-state index contributed by atoms with van der Waals surface area (Å²) in [4.78, 5) is 31.8. The molecule has 0 aliphatic heterocycles. The highest BCUT2D eigenvalue weighted by Crippen LogP contribution is 2.20. The number of ether oxygens (including phenoxy) is 2. The second kappa shape index (κ2) is 7.82. The van der Waals surface area contributed by atoms with Crippen molar-refractivity contribution in [2.75, 3.05) is 19.5 Å². The molecule has 0 radical (unpaired) electrons. The van der Waals surface area contributed by atoms with Crippen LogP contribution in [0.2, 0.25) is 0 Å². The molecule has 0 aliphatic rings. The number of carbonyl (C=O) groups is 2. The molecule has 22 heavy (non-hydrogen) atoms. The molecule has 0 saturated heterocycles. The molecule has 0 aliphatic carbocycles. The topological polar surface area (TPSA) is 94.8 Å². The first-order chi connectivity index (χ1) is 10.4. The van der Waals surface area contributed by atoms with E-state index in [2.05, 4.69) is 14.8 Å². The molecule has 2 aromatic rings. The minimum Gasteiger partial charge on any atom is -0.469 e. The Morgan fingerprint density at radius 1 is 1.14 bits per heavy atom. The first kappa shape index (κ1) is 17.2. The van der Waals surface area contributed by atoms with Crippen molar-refractivity contribution >= 4 is 28.7 Å². The summed E-state index contributed by atoms with van der Waals surface area (Å²) in [6.07, 6.45) is -0.542. The van der Waals surface area contributed by atoms with Gasteiger partial charge in [-0.05, 0) is 30.7 Å². The van der Waals surface area contributed by atoms with Gasteiger partial charge < -0.3 is 13.9 Å². The van der Waals surface area contributed by atoms with Gasteiger partial charge in [-0.1, -0.05) is 0 Å². The van der Waals surface area contributed by atoms with Crippen LogP contribution < -0.4 is 10.9 Å². The van der Waals surface area contributed by atoms with Crippen molar-refractivity contribution in [1.29, 1.82) is 0 Å². The third kappa shape index (κ3) is 4.93. The number of nitrogens with one attached hydrogen (secondary N) is 1. The Labute approximate surface area is 126 Å². The number of benzene rings is 1. The smallest absolute Gasteiger partial charge is 0.411 e. The van der Waals surface area contributed by atoms with Crippen LogP contribution in [0.3, 0.4) is 0 Å². The number of amides is 1. The van der Waals surface area contributed by atoms with Crippen LogP contribution in [0.15, 0.2) is 33.5 Å². The summed E-state index contributed by atoms with van der Waals surface area (Å²) in [5.74, 6) is -0.245. The third-order valence-corrected chi connectivity index (χ3v) is 2.67. The largest absolute Gasteiger partial charge is 0.469 e. The summed E-state index contributed by atoms with van der Waals surface area (Å²) >= 11 is 0. The van der Waals surface area contributed by atoms with E-state index >= 15 is 0 Å². The van der Waals surface area contributed by atoms with Crippen molar-refractivity contribution < 1.29 is 23.5 Å². The van der Waals surface area contributed by atoms with Gasteiger partial charge in [-0.25, -0.2) is 9.59 Å². The van der Waals surface area contributed by atoms with E-state index in [1.165, 1.54) is 27.2 Å². The molecule has 0 bridgehead atoms. The van der Waals surface area contributed by atoms with Crippen molar-refractivity contribution in [3.05, 3.63) is 40.2 Å². The van der Waals surface area contributed by atoms with Crippen molar-refractivity contribution in [2.24, 2.45) is 0 Å². The molecular formula is C15H17NO6. The number of fused-ring (bicyclic) bond motifs is 1. The quantitative estimate of drug-likeness (QED) is 0.642. The highest BCUT2D eigenvalue weighted by atomic mass is 16.5. The maximum absolute atomic E-state index is 11.2. The van der Waals surface area contributed by atoms with Crippen LogP contribution in [0.4, 0.5) is 10.5 Å². The summed E-state index contributed by atoms with van der Waals surface area (Å²) in [5, 5.41) is 3.32. The van der Waals surface area contributed by atoms with E-state index in [9.17, 15) is 14.4 Å². The van der Waals surface area contributed by atoms with Crippen LogP contribution in [-0.2, 0) is 14.3 Å². The van der Waals surface area contributed by atoms with Crippen LogP contribution in [0.5, 0.6) is 0 Å². The molecule has 1 aromatic carbocycles. The molecule has 0 fully saturated rings. The van der Waals surface area contributed by atoms with E-state index < -0.39 is 6.09 Å². The predicted molar refractivity (Wildman–Crippen MR) is 80.9 cm³/mol. The fourth-order valence-electron chi connectivity index (χ4n) is 1.57. The van der Waals surface area contributed by atoms with E-state index in [0.29, 0.717) is 11.3 Å². The highest BCUT2D eigenvalue weighted by Gasteiger charge is 2.05. The molecule has 1 heterocycles. The summed E-state index contributed by atoms with van der Waals surface area (Å²) in [6, 6.07) is 6.41. The van der Waals surface area contributed by atoms with Crippen LogP contribution >= 0.6 is 0 Å². The lowest BCUT2D eigenvalue weighted by Crippen LogP contribution is -2.10. The molecule has 1 amide bonds. The van der Waals surface area contributed by atoms with E-state index in [4.69, 9.17) is 4.42 Å². The third-order valence-electron chi connectivity index (χ3n) is 2.67. The molecule has 1 aromatic heterocycles. The van der Waals surface area contributed by atoms with Crippen LogP contribution in [0, 0.1) is 6.92 Å². The molecule has 7 nitrogen and oxygen atoms in total. The Bertz CT molecular complexity index is 734. The molecule has 2 rings (SSSR count). The maximum atomic E-state index is 11.2. The van der Waals surface area contributed by atoms with Crippen LogP contribution in [0.1, 0.15) is 12.5 Å². The Hall–Kier alpha value is -2.83. The number of hydrogen-bond acceptors (Lipinski definition) is 6. The van der Waals surface area contributed by atoms with E-state index in [1.807, 2.05) is 0 Å². The standard InChI is InChI=1S/C12H11NO4.C3H6O2/c1-7-5-11(14)17-10-4-3-8(6-9(7)10)13-12(15)16-2;1-3(4)5-2/h3-6H,1-2H3,(H,13,15);1-2H3. The van der Waals surface area contributed by atoms with Crippen molar-refractivity contribution in [3.8, 4) is 0 Å². The average molecular weight is 307 g/mol. The zero-order valence-corrected chi connectivity index (χ0v) is 12.8. The lowest BCUT2D eigenvalue weighted by Gasteiger charge is -2.05. The minimum absolute atomic E-state index is 0.245. The number of hydrogen-bond donors (Lipinski definition) is 1. The number of rotatable bonds is 1. The number of esters is 1. The normalized spacial score (nSPS) is 9.45. The Morgan fingerprint density at radius 2 is 1.77 bits per heavy atom. The second-order valence-corrected chi connectivity index (χ2v) is 4.27. The minimum atomic E-state index is -0.542. The number of carbonyl (C=O) groups excluding carboxylic acids is 2. The number of anilines is 1. The van der Waals surface area contributed by atoms with Crippen molar-refractivity contribution in [3.63, 3.8) is 0 Å². The zero-order valence-electron chi connectivity index (χ0n) is 12.8. The second-order valence-electron chi connectivity index (χ2n) is 4.27. The van der Waals surface area contributed by atoms with Gasteiger partial charge in [-0.2, -0.15) is 0 Å². The highest BCUT2D eigenvalue weighted by molar-refractivity contribution is 5.90. The zero-order chi connectivity index (χ0) is 16.7. The molecule has 0 saturated carbocycles. The van der Waals surface area contributed by atoms with E-state index in [1.54, 1.807) is 25.1 Å². The van der Waals surface area contributed by atoms with Gasteiger partial charge >= 0.3 is 17.7 Å². The molecular weight excluding hydrogens is 290 g/mol. The Kier molecular flexibility index (Phi) is 6.12. The SMILES string of the molecule is COC(=O)Nc1ccc2oc(=O)cc(C)c2c1.COC(C)=O. The van der Waals surface area contributed by atoms with Crippen molar-refractivity contribution in [2.45, 2.75) is 13.8 Å². The predicted octanol–water partition coefficient (Wildman–Crippen LogP) is 2.46. The molecule has 0 atom stereocenters. The van der Waals surface area contributed by atoms with E-state index in [0.717, 1.165) is 10.9 Å². The lowest BCUT2D eigenvalue weighted by atomic mass is 10.1. The molecule has 1 N–H and O–H groups in total. The fraction of sp³-hybridized carbons (Fsp3) is 0.267. The first-order valence-electron chi connectivity index (χ1n) is 6.31. The molecule has 0 unspecified atom stereocenters. The van der Waals surface area contributed by atoms with Gasteiger partial charge in [0.2, 0.25) is 0 Å². The van der Waals surface area contributed by atoms with Gasteiger partial charge in [0.1, 0.15) is 5.58 Å². The van der Waals surface area contributed by atoms with Crippen LogP contribution in [0.25, 0.3) is 11.0 Å². The van der Waals surface area contributed by atoms with E-state index in [-0.39, 0.29) is 11.6 Å². The fourth-order valence-corrected chi connectivity index (χ4v) is 1.57. The average Bonchev–Trinajstić information content (AvgIpc) is 2.48.